The first-order chi connectivity index (χ1) is 12.5. The molecule has 0 amide bonds. The summed E-state index contributed by atoms with van der Waals surface area (Å²) < 4.78 is 0. The molecule has 2 rings (SSSR count). The van der Waals surface area contributed by atoms with Gasteiger partial charge in [-0.3, -0.25) is 9.98 Å². The summed E-state index contributed by atoms with van der Waals surface area (Å²) in [5.41, 5.74) is 6.87. The van der Waals surface area contributed by atoms with Gasteiger partial charge in [-0.25, -0.2) is 0 Å². The van der Waals surface area contributed by atoms with Gasteiger partial charge in [0.25, 0.3) is 0 Å². The summed E-state index contributed by atoms with van der Waals surface area (Å²) >= 11 is 0.194. The van der Waals surface area contributed by atoms with E-state index in [0.29, 0.717) is 13.1 Å². The van der Waals surface area contributed by atoms with E-state index in [4.69, 9.17) is 20.2 Å². The van der Waals surface area contributed by atoms with Gasteiger partial charge in [0.15, 0.2) is 0 Å². The van der Waals surface area contributed by atoms with Gasteiger partial charge in [0.05, 0.1) is 11.4 Å². The molecule has 0 aliphatic heterocycles. The summed E-state index contributed by atoms with van der Waals surface area (Å²) in [5, 5.41) is 4.42. The van der Waals surface area contributed by atoms with Crippen molar-refractivity contribution in [2.24, 2.45) is 9.98 Å². The quantitative estimate of drug-likeness (QED) is 0.274. The van der Waals surface area contributed by atoms with Crippen LogP contribution in [0, 0.1) is 27.7 Å². The van der Waals surface area contributed by atoms with E-state index in [2.05, 4.69) is 79.4 Å². The van der Waals surface area contributed by atoms with Crippen molar-refractivity contribution < 1.29 is 13.1 Å². The van der Waals surface area contributed by atoms with E-state index >= 15 is 0 Å². The molecule has 3 nitrogen and oxygen atoms in total. The van der Waals surface area contributed by atoms with Crippen LogP contribution in [0.5, 0.6) is 0 Å². The van der Waals surface area contributed by atoms with E-state index < -0.39 is 0 Å². The monoisotopic (exact) mass is 432 g/mol. The molecule has 0 aliphatic rings. The Kier molecular flexibility index (Phi) is 11.5. The first-order valence-electron chi connectivity index (χ1n) is 8.17. The number of hydrogen-bond acceptors (Lipinski definition) is 2. The second-order valence-electron chi connectivity index (χ2n) is 5.74. The summed E-state index contributed by atoms with van der Waals surface area (Å²) in [7, 11) is 9.53. The van der Waals surface area contributed by atoms with Crippen molar-refractivity contribution in [1.29, 1.82) is 0 Å². The Hall–Kier alpha value is -1.16. The van der Waals surface area contributed by atoms with Crippen LogP contribution in [0.2, 0.25) is 0 Å². The van der Waals surface area contributed by atoms with Crippen molar-refractivity contribution in [1.82, 2.24) is 0 Å². The third-order valence-corrected chi connectivity index (χ3v) is 3.74. The normalized spacial score (nSPS) is 11.0. The third kappa shape index (κ3) is 8.03. The summed E-state index contributed by atoms with van der Waals surface area (Å²) in [5.74, 6) is 0. The van der Waals surface area contributed by atoms with E-state index in [9.17, 15) is 0 Å². The average molecular weight is 433 g/mol. The van der Waals surface area contributed by atoms with Crippen molar-refractivity contribution in [3.05, 3.63) is 64.0 Å². The van der Waals surface area contributed by atoms with Gasteiger partial charge in [-0.2, -0.15) is 0 Å². The number of nitrogens with zero attached hydrogens (tertiary/aromatic N) is 3. The van der Waals surface area contributed by atoms with E-state index in [1.165, 1.54) is 22.3 Å². The average Bonchev–Trinajstić information content (AvgIpc) is 2.59. The van der Waals surface area contributed by atoms with Crippen LogP contribution < -0.4 is 0 Å². The van der Waals surface area contributed by atoms with E-state index in [0.717, 1.165) is 11.4 Å². The molecule has 0 N–H and O–H groups in total. The van der Waals surface area contributed by atoms with Crippen LogP contribution in [0.15, 0.2) is 46.4 Å². The van der Waals surface area contributed by atoms with E-state index in [1.54, 1.807) is 0 Å². The molecule has 0 heterocycles. The number of halogens is 2. The zero-order chi connectivity index (χ0) is 19.4. The number of rotatable bonds is 6. The van der Waals surface area contributed by atoms with Crippen LogP contribution in [0.25, 0.3) is 5.32 Å². The Balaban J connectivity index is 0.00000105. The molecule has 0 bridgehead atoms. The molecular formula is C20H24Cl2FeN3. The predicted octanol–water partition coefficient (Wildman–Crippen LogP) is 6.78. The van der Waals surface area contributed by atoms with E-state index in [1.807, 2.05) is 12.4 Å². The zero-order valence-electron chi connectivity index (χ0n) is 15.5. The minimum atomic E-state index is 0.194. The summed E-state index contributed by atoms with van der Waals surface area (Å²) in [6, 6.07) is 12.4. The predicted molar refractivity (Wildman–Crippen MR) is 113 cm³/mol. The maximum atomic E-state index is 4.76. The van der Waals surface area contributed by atoms with Crippen molar-refractivity contribution in [3.8, 4) is 0 Å². The fraction of sp³-hybridized carbons (Fsp3) is 0.300. The van der Waals surface area contributed by atoms with Gasteiger partial charge in [0.1, 0.15) is 0 Å². The van der Waals surface area contributed by atoms with Crippen molar-refractivity contribution in [2.45, 2.75) is 27.7 Å². The molecule has 0 aliphatic carbocycles. The standard InChI is InChI=1S/C20H24N3.2ClH.Fe/c1-15-7-5-8-16(2)19(15)22-13-11-21-12-14-23-20-17(3)9-6-10-18(20)4;;;/h5-10,13-14H,11-12H2,1-4H3;2*1H;/q-1;;;+3/p-2. The summed E-state index contributed by atoms with van der Waals surface area (Å²) in [6.07, 6.45) is 3.73. The molecule has 2 aromatic rings. The van der Waals surface area contributed by atoms with Gasteiger partial charge >= 0.3 is 33.3 Å². The third-order valence-electron chi connectivity index (χ3n) is 3.74. The Labute approximate surface area is 171 Å². The molecular weight excluding hydrogens is 409 g/mol. The summed E-state index contributed by atoms with van der Waals surface area (Å²) in [4.78, 5) is 9.05. The molecule has 2 aromatic carbocycles. The van der Waals surface area contributed by atoms with Crippen molar-refractivity contribution in [3.63, 3.8) is 0 Å². The Bertz CT molecular complexity index is 644. The van der Waals surface area contributed by atoms with Gasteiger partial charge in [0, 0.05) is 0 Å². The molecule has 141 valence electrons. The van der Waals surface area contributed by atoms with Crippen LogP contribution in [0.4, 0.5) is 11.4 Å². The number of hydrogen-bond donors (Lipinski definition) is 0. The van der Waals surface area contributed by atoms with Crippen LogP contribution in [-0.4, -0.2) is 25.5 Å². The number of benzene rings is 2. The maximum absolute atomic E-state index is 4.76. The van der Waals surface area contributed by atoms with E-state index in [-0.39, 0.29) is 13.1 Å². The minimum absolute atomic E-state index is 0.194. The second-order valence-corrected chi connectivity index (χ2v) is 7.57. The molecule has 0 saturated carbocycles. The molecule has 6 heteroatoms. The molecule has 0 atom stereocenters. The fourth-order valence-electron chi connectivity index (χ4n) is 2.47. The van der Waals surface area contributed by atoms with Crippen molar-refractivity contribution >= 4 is 44.0 Å². The molecule has 0 unspecified atom stereocenters. The van der Waals surface area contributed by atoms with Gasteiger partial charge in [-0.15, -0.1) is 13.1 Å². The molecule has 0 aromatic heterocycles. The first kappa shape index (κ1) is 22.9. The van der Waals surface area contributed by atoms with Crippen molar-refractivity contribution in [2.75, 3.05) is 13.1 Å². The number of aliphatic imine (C=N–C) groups is 2. The van der Waals surface area contributed by atoms with Gasteiger partial charge in [0.2, 0.25) is 0 Å². The van der Waals surface area contributed by atoms with Gasteiger partial charge in [-0.1, -0.05) is 36.4 Å². The Morgan fingerprint density at radius 1 is 0.769 bits per heavy atom. The topological polar surface area (TPSA) is 38.8 Å². The molecule has 0 radical (unpaired) electrons. The first-order valence-corrected chi connectivity index (χ1v) is 11.2. The zero-order valence-corrected chi connectivity index (χ0v) is 18.1. The van der Waals surface area contributed by atoms with Crippen LogP contribution >= 0.6 is 20.2 Å². The Morgan fingerprint density at radius 3 is 1.38 bits per heavy atom. The van der Waals surface area contributed by atoms with Crippen LogP contribution in [0.3, 0.4) is 0 Å². The second kappa shape index (κ2) is 13.1. The molecule has 0 spiro atoms. The number of para-hydroxylation sites is 2. The molecule has 0 saturated heterocycles. The number of aryl methyl sites for hydroxylation is 4. The van der Waals surface area contributed by atoms with Gasteiger partial charge in [-0.05, 0) is 62.4 Å². The fourth-order valence-corrected chi connectivity index (χ4v) is 2.47. The van der Waals surface area contributed by atoms with Crippen LogP contribution in [0.1, 0.15) is 22.3 Å². The molecule has 0 fully saturated rings. The summed E-state index contributed by atoms with van der Waals surface area (Å²) in [6.45, 7) is 9.52. The van der Waals surface area contributed by atoms with Crippen LogP contribution in [-0.2, 0) is 13.1 Å². The Morgan fingerprint density at radius 2 is 1.08 bits per heavy atom. The molecule has 26 heavy (non-hydrogen) atoms. The van der Waals surface area contributed by atoms with Gasteiger partial charge < -0.3 is 5.32 Å². The SMILES string of the molecule is Cc1cccc(C)c1N=CC[N-]CC=Nc1c(C)cccc1C.[Cl][Fe+][Cl].